The van der Waals surface area contributed by atoms with E-state index in [-0.39, 0.29) is 25.2 Å². The van der Waals surface area contributed by atoms with Gasteiger partial charge in [-0.15, -0.1) is 0 Å². The van der Waals surface area contributed by atoms with Gasteiger partial charge in [0.05, 0.1) is 18.8 Å². The minimum atomic E-state index is -0.705. The summed E-state index contributed by atoms with van der Waals surface area (Å²) in [6, 6.07) is 6.94. The highest BCUT2D eigenvalue weighted by Gasteiger charge is 2.10. The molecule has 0 saturated carbocycles. The van der Waals surface area contributed by atoms with Crippen LogP contribution in [0.5, 0.6) is 5.75 Å². The van der Waals surface area contributed by atoms with Gasteiger partial charge in [0.15, 0.2) is 0 Å². The molecule has 0 radical (unpaired) electrons. The first kappa shape index (κ1) is 15.5. The third-order valence-corrected chi connectivity index (χ3v) is 2.33. The van der Waals surface area contributed by atoms with E-state index in [1.54, 1.807) is 24.3 Å². The zero-order valence-corrected chi connectivity index (χ0v) is 11.6. The van der Waals surface area contributed by atoms with E-state index >= 15 is 0 Å². The largest absolute Gasteiger partial charge is 0.491 e. The van der Waals surface area contributed by atoms with Gasteiger partial charge in [0.1, 0.15) is 5.75 Å². The second-order valence-corrected chi connectivity index (χ2v) is 4.51. The average Bonchev–Trinajstić information content (AvgIpc) is 2.36. The van der Waals surface area contributed by atoms with E-state index in [1.807, 2.05) is 13.8 Å². The van der Waals surface area contributed by atoms with E-state index in [2.05, 4.69) is 5.32 Å². The number of amides is 1. The van der Waals surface area contributed by atoms with Gasteiger partial charge in [0.2, 0.25) is 0 Å². The predicted octanol–water partition coefficient (Wildman–Crippen LogP) is 1.21. The minimum Gasteiger partial charge on any atom is -0.491 e. The molecule has 0 aliphatic heterocycles. The molecule has 1 aromatic rings. The Morgan fingerprint density at radius 1 is 1.42 bits per heavy atom. The molecule has 1 rings (SSSR count). The van der Waals surface area contributed by atoms with Crippen molar-refractivity contribution in [2.75, 3.05) is 20.3 Å². The summed E-state index contributed by atoms with van der Waals surface area (Å²) in [4.78, 5) is 11.9. The SMILES string of the molecule is COCC(O)CNC(=O)c1cccc(OC(C)C)c1. The van der Waals surface area contributed by atoms with Crippen LogP contribution in [0.4, 0.5) is 0 Å². The van der Waals surface area contributed by atoms with Gasteiger partial charge in [0.25, 0.3) is 5.91 Å². The van der Waals surface area contributed by atoms with Gasteiger partial charge in [-0.2, -0.15) is 0 Å². The summed E-state index contributed by atoms with van der Waals surface area (Å²) in [6.07, 6.45) is -0.647. The van der Waals surface area contributed by atoms with Crippen LogP contribution in [0.1, 0.15) is 24.2 Å². The second-order valence-electron chi connectivity index (χ2n) is 4.51. The van der Waals surface area contributed by atoms with Crippen molar-refractivity contribution in [2.45, 2.75) is 26.1 Å². The summed E-state index contributed by atoms with van der Waals surface area (Å²) < 4.78 is 10.3. The van der Waals surface area contributed by atoms with Gasteiger partial charge in [-0.05, 0) is 32.0 Å². The number of carbonyl (C=O) groups excluding carboxylic acids is 1. The first-order valence-electron chi connectivity index (χ1n) is 6.25. The number of hydrogen-bond donors (Lipinski definition) is 2. The molecule has 1 amide bonds. The molecule has 1 unspecified atom stereocenters. The molecule has 1 atom stereocenters. The summed E-state index contributed by atoms with van der Waals surface area (Å²) >= 11 is 0. The lowest BCUT2D eigenvalue weighted by Gasteiger charge is -2.12. The number of hydrogen-bond acceptors (Lipinski definition) is 4. The molecular formula is C14H21NO4. The summed E-state index contributed by atoms with van der Waals surface area (Å²) in [5.74, 6) is 0.407. The van der Waals surface area contributed by atoms with Crippen LogP contribution < -0.4 is 10.1 Å². The fourth-order valence-electron chi connectivity index (χ4n) is 1.55. The monoisotopic (exact) mass is 267 g/mol. The smallest absolute Gasteiger partial charge is 0.251 e. The molecule has 0 saturated heterocycles. The van der Waals surface area contributed by atoms with Crippen LogP contribution in [0.3, 0.4) is 0 Å². The van der Waals surface area contributed by atoms with Gasteiger partial charge in [-0.3, -0.25) is 4.79 Å². The number of aliphatic hydroxyl groups excluding tert-OH is 1. The molecule has 0 aliphatic carbocycles. The topological polar surface area (TPSA) is 67.8 Å². The maximum Gasteiger partial charge on any atom is 0.251 e. The molecule has 2 N–H and O–H groups in total. The summed E-state index contributed by atoms with van der Waals surface area (Å²) in [6.45, 7) is 4.19. The lowest BCUT2D eigenvalue weighted by atomic mass is 10.2. The minimum absolute atomic E-state index is 0.0573. The van der Waals surface area contributed by atoms with Gasteiger partial charge >= 0.3 is 0 Å². The van der Waals surface area contributed by atoms with Gasteiger partial charge < -0.3 is 19.9 Å². The fraction of sp³-hybridized carbons (Fsp3) is 0.500. The maximum atomic E-state index is 11.9. The molecule has 0 aliphatic rings. The van der Waals surface area contributed by atoms with Crippen molar-refractivity contribution in [3.63, 3.8) is 0 Å². The van der Waals surface area contributed by atoms with Gasteiger partial charge in [-0.1, -0.05) is 6.07 Å². The molecule has 0 fully saturated rings. The molecular weight excluding hydrogens is 246 g/mol. The third kappa shape index (κ3) is 5.72. The molecule has 106 valence electrons. The number of methoxy groups -OCH3 is 1. The summed E-state index contributed by atoms with van der Waals surface area (Å²) in [5.41, 5.74) is 0.503. The Balaban J connectivity index is 2.56. The van der Waals surface area contributed by atoms with Crippen LogP contribution in [0.25, 0.3) is 0 Å². The van der Waals surface area contributed by atoms with Crippen LogP contribution >= 0.6 is 0 Å². The zero-order chi connectivity index (χ0) is 14.3. The molecule has 19 heavy (non-hydrogen) atoms. The van der Waals surface area contributed by atoms with E-state index in [0.717, 1.165) is 0 Å². The van der Waals surface area contributed by atoms with Crippen molar-refractivity contribution < 1.29 is 19.4 Å². The Morgan fingerprint density at radius 2 is 2.16 bits per heavy atom. The van der Waals surface area contributed by atoms with Gasteiger partial charge in [0, 0.05) is 19.2 Å². The number of ether oxygens (including phenoxy) is 2. The van der Waals surface area contributed by atoms with Crippen molar-refractivity contribution in [1.82, 2.24) is 5.32 Å². The lowest BCUT2D eigenvalue weighted by Crippen LogP contribution is -2.34. The van der Waals surface area contributed by atoms with Crippen LogP contribution in [-0.2, 0) is 4.74 Å². The van der Waals surface area contributed by atoms with E-state index < -0.39 is 6.10 Å². The number of nitrogens with one attached hydrogen (secondary N) is 1. The maximum absolute atomic E-state index is 11.9. The highest BCUT2D eigenvalue weighted by Crippen LogP contribution is 2.14. The van der Waals surface area contributed by atoms with Crippen LogP contribution in [0.15, 0.2) is 24.3 Å². The van der Waals surface area contributed by atoms with Crippen molar-refractivity contribution in [2.24, 2.45) is 0 Å². The highest BCUT2D eigenvalue weighted by atomic mass is 16.5. The highest BCUT2D eigenvalue weighted by molar-refractivity contribution is 5.94. The molecule has 1 aromatic carbocycles. The number of carbonyl (C=O) groups is 1. The Morgan fingerprint density at radius 3 is 2.79 bits per heavy atom. The molecule has 0 heterocycles. The van der Waals surface area contributed by atoms with Crippen LogP contribution in [0.2, 0.25) is 0 Å². The van der Waals surface area contributed by atoms with Gasteiger partial charge in [-0.25, -0.2) is 0 Å². The predicted molar refractivity (Wildman–Crippen MR) is 72.4 cm³/mol. The first-order valence-corrected chi connectivity index (χ1v) is 6.25. The quantitative estimate of drug-likeness (QED) is 0.779. The number of benzene rings is 1. The normalized spacial score (nSPS) is 12.3. The second kappa shape index (κ2) is 7.76. The van der Waals surface area contributed by atoms with Crippen LogP contribution in [-0.4, -0.2) is 43.5 Å². The Hall–Kier alpha value is -1.59. The van der Waals surface area contributed by atoms with Crippen LogP contribution in [0, 0.1) is 0 Å². The number of aliphatic hydroxyl groups is 1. The van der Waals surface area contributed by atoms with Crippen molar-refractivity contribution in [3.05, 3.63) is 29.8 Å². The molecule has 0 spiro atoms. The summed E-state index contributed by atoms with van der Waals surface area (Å²) in [5, 5.41) is 12.1. The lowest BCUT2D eigenvalue weighted by molar-refractivity contribution is 0.0609. The van der Waals surface area contributed by atoms with Crippen molar-refractivity contribution in [3.8, 4) is 5.75 Å². The molecule has 5 nitrogen and oxygen atoms in total. The number of rotatable bonds is 7. The third-order valence-electron chi connectivity index (χ3n) is 2.33. The average molecular weight is 267 g/mol. The van der Waals surface area contributed by atoms with Crippen molar-refractivity contribution >= 4 is 5.91 Å². The Labute approximate surface area is 113 Å². The Bertz CT molecular complexity index is 406. The molecule has 5 heteroatoms. The Kier molecular flexibility index (Phi) is 6.32. The van der Waals surface area contributed by atoms with E-state index in [4.69, 9.17) is 9.47 Å². The van der Waals surface area contributed by atoms with E-state index in [0.29, 0.717) is 11.3 Å². The molecule has 0 aromatic heterocycles. The van der Waals surface area contributed by atoms with E-state index in [1.165, 1.54) is 7.11 Å². The summed E-state index contributed by atoms with van der Waals surface area (Å²) in [7, 11) is 1.50. The fourth-order valence-corrected chi connectivity index (χ4v) is 1.55. The first-order chi connectivity index (χ1) is 9.02. The van der Waals surface area contributed by atoms with Crippen molar-refractivity contribution in [1.29, 1.82) is 0 Å². The standard InChI is InChI=1S/C14H21NO4/c1-10(2)19-13-6-4-5-11(7-13)14(17)15-8-12(16)9-18-3/h4-7,10,12,16H,8-9H2,1-3H3,(H,15,17). The molecule has 0 bridgehead atoms. The zero-order valence-electron chi connectivity index (χ0n) is 11.6. The van der Waals surface area contributed by atoms with E-state index in [9.17, 15) is 9.90 Å².